The predicted molar refractivity (Wildman–Crippen MR) is 91.6 cm³/mol. The summed E-state index contributed by atoms with van der Waals surface area (Å²) in [5, 5.41) is 3.32. The van der Waals surface area contributed by atoms with Gasteiger partial charge in [-0.1, -0.05) is 17.4 Å². The maximum absolute atomic E-state index is 11.3. The van der Waals surface area contributed by atoms with Crippen molar-refractivity contribution in [2.24, 2.45) is 0 Å². The molecule has 3 rings (SSSR count). The zero-order valence-electron chi connectivity index (χ0n) is 12.7. The largest absolute Gasteiger partial charge is 0.497 e. The third kappa shape index (κ3) is 3.37. The number of nitrogens with one attached hydrogen (secondary N) is 1. The van der Waals surface area contributed by atoms with Crippen LogP contribution in [-0.4, -0.2) is 23.0 Å². The van der Waals surface area contributed by atoms with E-state index >= 15 is 0 Å². The first-order chi connectivity index (χ1) is 11.2. The standard InChI is InChI=1S/C17H15N3O2S/c1-11(21)19-17-20-15(12-5-7-14(22-2)8-6-12)16(23-17)13-4-3-9-18-10-13/h3-10H,1-2H3,(H,19,20,21). The van der Waals surface area contributed by atoms with Crippen LogP contribution in [0.2, 0.25) is 0 Å². The number of nitrogens with zero attached hydrogens (tertiary/aromatic N) is 2. The van der Waals surface area contributed by atoms with Gasteiger partial charge in [0.2, 0.25) is 5.91 Å². The summed E-state index contributed by atoms with van der Waals surface area (Å²) in [6, 6.07) is 11.5. The fourth-order valence-corrected chi connectivity index (χ4v) is 3.19. The van der Waals surface area contributed by atoms with Crippen LogP contribution in [0, 0.1) is 0 Å². The SMILES string of the molecule is COc1ccc(-c2nc(NC(C)=O)sc2-c2cccnc2)cc1. The lowest BCUT2D eigenvalue weighted by molar-refractivity contribution is -0.114. The van der Waals surface area contributed by atoms with Crippen LogP contribution >= 0.6 is 11.3 Å². The lowest BCUT2D eigenvalue weighted by atomic mass is 10.1. The molecule has 1 amide bonds. The van der Waals surface area contributed by atoms with E-state index in [0.717, 1.165) is 27.4 Å². The Morgan fingerprint density at radius 3 is 2.57 bits per heavy atom. The Morgan fingerprint density at radius 2 is 1.96 bits per heavy atom. The molecule has 23 heavy (non-hydrogen) atoms. The normalized spacial score (nSPS) is 10.3. The predicted octanol–water partition coefficient (Wildman–Crippen LogP) is 3.84. The highest BCUT2D eigenvalue weighted by Gasteiger charge is 2.15. The van der Waals surface area contributed by atoms with E-state index < -0.39 is 0 Å². The molecule has 3 aromatic rings. The van der Waals surface area contributed by atoms with Gasteiger partial charge in [0.25, 0.3) is 0 Å². The molecule has 0 bridgehead atoms. The Kier molecular flexibility index (Phi) is 4.34. The zero-order chi connectivity index (χ0) is 16.2. The number of ether oxygens (including phenoxy) is 1. The summed E-state index contributed by atoms with van der Waals surface area (Å²) in [4.78, 5) is 21.0. The lowest BCUT2D eigenvalue weighted by Gasteiger charge is -2.04. The van der Waals surface area contributed by atoms with Crippen LogP contribution in [0.15, 0.2) is 48.8 Å². The van der Waals surface area contributed by atoms with E-state index in [0.29, 0.717) is 5.13 Å². The van der Waals surface area contributed by atoms with E-state index in [1.54, 1.807) is 19.5 Å². The maximum atomic E-state index is 11.3. The molecule has 1 N–H and O–H groups in total. The van der Waals surface area contributed by atoms with E-state index in [-0.39, 0.29) is 5.91 Å². The number of carbonyl (C=O) groups excluding carboxylic acids is 1. The van der Waals surface area contributed by atoms with E-state index in [1.807, 2.05) is 36.4 Å². The summed E-state index contributed by atoms with van der Waals surface area (Å²) in [5.41, 5.74) is 2.74. The number of methoxy groups -OCH3 is 1. The molecule has 2 heterocycles. The van der Waals surface area contributed by atoms with Crippen LogP contribution in [0.5, 0.6) is 5.75 Å². The van der Waals surface area contributed by atoms with Crippen molar-refractivity contribution in [3.63, 3.8) is 0 Å². The molecule has 0 fully saturated rings. The molecule has 116 valence electrons. The molecular formula is C17H15N3O2S. The summed E-state index contributed by atoms with van der Waals surface area (Å²) in [6.07, 6.45) is 3.52. The van der Waals surface area contributed by atoms with E-state index in [4.69, 9.17) is 4.74 Å². The van der Waals surface area contributed by atoms with Gasteiger partial charge in [-0.2, -0.15) is 0 Å². The second-order valence-electron chi connectivity index (χ2n) is 4.85. The van der Waals surface area contributed by atoms with Crippen molar-refractivity contribution >= 4 is 22.4 Å². The van der Waals surface area contributed by atoms with Crippen LogP contribution in [0.3, 0.4) is 0 Å². The third-order valence-corrected chi connectivity index (χ3v) is 4.22. The van der Waals surface area contributed by atoms with Crippen molar-refractivity contribution in [2.75, 3.05) is 12.4 Å². The lowest BCUT2D eigenvalue weighted by Crippen LogP contribution is -2.04. The van der Waals surface area contributed by atoms with E-state index in [9.17, 15) is 4.79 Å². The van der Waals surface area contributed by atoms with Crippen molar-refractivity contribution in [3.8, 4) is 27.4 Å². The van der Waals surface area contributed by atoms with Gasteiger partial charge >= 0.3 is 0 Å². The van der Waals surface area contributed by atoms with Crippen LogP contribution in [0.1, 0.15) is 6.92 Å². The molecule has 0 saturated heterocycles. The summed E-state index contributed by atoms with van der Waals surface area (Å²) in [5.74, 6) is 0.645. The van der Waals surface area contributed by atoms with Gasteiger partial charge in [0.05, 0.1) is 17.7 Å². The third-order valence-electron chi connectivity index (χ3n) is 3.20. The van der Waals surface area contributed by atoms with Crippen LogP contribution in [0.25, 0.3) is 21.7 Å². The zero-order valence-corrected chi connectivity index (χ0v) is 13.6. The minimum Gasteiger partial charge on any atom is -0.497 e. The topological polar surface area (TPSA) is 64.1 Å². The Hall–Kier alpha value is -2.73. The van der Waals surface area contributed by atoms with Gasteiger partial charge in [0.15, 0.2) is 5.13 Å². The molecule has 0 saturated carbocycles. The smallest absolute Gasteiger partial charge is 0.223 e. The molecular weight excluding hydrogens is 310 g/mol. The Bertz CT molecular complexity index is 814. The molecule has 5 nitrogen and oxygen atoms in total. The second-order valence-corrected chi connectivity index (χ2v) is 5.85. The van der Waals surface area contributed by atoms with Crippen molar-refractivity contribution in [3.05, 3.63) is 48.8 Å². The number of rotatable bonds is 4. The number of hydrogen-bond donors (Lipinski definition) is 1. The van der Waals surface area contributed by atoms with Crippen molar-refractivity contribution in [1.82, 2.24) is 9.97 Å². The van der Waals surface area contributed by atoms with Crippen LogP contribution in [-0.2, 0) is 4.79 Å². The van der Waals surface area contributed by atoms with E-state index in [1.165, 1.54) is 18.3 Å². The van der Waals surface area contributed by atoms with Gasteiger partial charge in [-0.3, -0.25) is 9.78 Å². The van der Waals surface area contributed by atoms with Crippen molar-refractivity contribution in [2.45, 2.75) is 6.92 Å². The first-order valence-electron chi connectivity index (χ1n) is 7.00. The average Bonchev–Trinajstić information content (AvgIpc) is 2.99. The van der Waals surface area contributed by atoms with Gasteiger partial charge in [-0.15, -0.1) is 0 Å². The number of benzene rings is 1. The number of pyridine rings is 1. The summed E-state index contributed by atoms with van der Waals surface area (Å²) in [6.45, 7) is 1.47. The van der Waals surface area contributed by atoms with E-state index in [2.05, 4.69) is 15.3 Å². The Morgan fingerprint density at radius 1 is 1.17 bits per heavy atom. The van der Waals surface area contributed by atoms with Gasteiger partial charge in [-0.05, 0) is 30.3 Å². The highest BCUT2D eigenvalue weighted by molar-refractivity contribution is 7.19. The van der Waals surface area contributed by atoms with Crippen molar-refractivity contribution < 1.29 is 9.53 Å². The second kappa shape index (κ2) is 6.58. The Balaban J connectivity index is 2.09. The first-order valence-corrected chi connectivity index (χ1v) is 7.82. The molecule has 0 spiro atoms. The monoisotopic (exact) mass is 325 g/mol. The molecule has 0 atom stereocenters. The fourth-order valence-electron chi connectivity index (χ4n) is 2.16. The average molecular weight is 325 g/mol. The fraction of sp³-hybridized carbons (Fsp3) is 0.118. The summed E-state index contributed by atoms with van der Waals surface area (Å²) < 4.78 is 5.19. The minimum absolute atomic E-state index is 0.141. The van der Waals surface area contributed by atoms with Gasteiger partial charge in [0, 0.05) is 30.4 Å². The number of amides is 1. The van der Waals surface area contributed by atoms with Crippen LogP contribution < -0.4 is 10.1 Å². The van der Waals surface area contributed by atoms with Gasteiger partial charge < -0.3 is 10.1 Å². The minimum atomic E-state index is -0.141. The molecule has 6 heteroatoms. The van der Waals surface area contributed by atoms with Gasteiger partial charge in [-0.25, -0.2) is 4.98 Å². The molecule has 0 radical (unpaired) electrons. The van der Waals surface area contributed by atoms with Crippen molar-refractivity contribution in [1.29, 1.82) is 0 Å². The summed E-state index contributed by atoms with van der Waals surface area (Å²) in [7, 11) is 1.63. The van der Waals surface area contributed by atoms with Crippen LogP contribution in [0.4, 0.5) is 5.13 Å². The first kappa shape index (κ1) is 15.2. The molecule has 1 aromatic carbocycles. The molecule has 0 aliphatic rings. The molecule has 0 aliphatic carbocycles. The maximum Gasteiger partial charge on any atom is 0.223 e. The highest BCUT2D eigenvalue weighted by Crippen LogP contribution is 2.39. The Labute approximate surface area is 138 Å². The number of anilines is 1. The summed E-state index contributed by atoms with van der Waals surface area (Å²) >= 11 is 1.43. The van der Waals surface area contributed by atoms with Gasteiger partial charge in [0.1, 0.15) is 5.75 Å². The number of carbonyl (C=O) groups is 1. The number of aromatic nitrogens is 2. The number of hydrogen-bond acceptors (Lipinski definition) is 5. The molecule has 0 unspecified atom stereocenters. The number of thiazole rings is 1. The highest BCUT2D eigenvalue weighted by atomic mass is 32.1. The molecule has 0 aliphatic heterocycles. The quantitative estimate of drug-likeness (QED) is 0.791. The molecule has 2 aromatic heterocycles.